The van der Waals surface area contributed by atoms with Crippen LogP contribution in [-0.4, -0.2) is 16.7 Å². The molecule has 5 nitrogen and oxygen atoms in total. The Bertz CT molecular complexity index is 540. The summed E-state index contributed by atoms with van der Waals surface area (Å²) in [6.45, 7) is 5.44. The third-order valence-corrected chi connectivity index (χ3v) is 1.98. The molecule has 0 saturated heterocycles. The minimum absolute atomic E-state index is 0.486. The zero-order valence-electron chi connectivity index (χ0n) is 9.98. The van der Waals surface area contributed by atoms with Crippen LogP contribution in [0.1, 0.15) is 20.8 Å². The van der Waals surface area contributed by atoms with Crippen LogP contribution in [0.5, 0.6) is 0 Å². The molecule has 0 aliphatic rings. The fourth-order valence-electron chi connectivity index (χ4n) is 1.36. The first-order valence-electron chi connectivity index (χ1n) is 5.27. The second kappa shape index (κ2) is 4.08. The molecule has 1 aromatic heterocycles. The highest BCUT2D eigenvalue weighted by Crippen LogP contribution is 2.18. The SMILES string of the molecule is CC(C)(C)OC(=O)Nc1ccc2ocnc2c1. The maximum atomic E-state index is 11.5. The second-order valence-corrected chi connectivity index (χ2v) is 4.66. The molecule has 90 valence electrons. The zero-order chi connectivity index (χ0) is 12.5. The molecule has 0 bridgehead atoms. The molecule has 0 aliphatic heterocycles. The molecule has 1 heterocycles. The molecule has 1 aromatic carbocycles. The highest BCUT2D eigenvalue weighted by Gasteiger charge is 2.16. The van der Waals surface area contributed by atoms with E-state index in [0.717, 1.165) is 0 Å². The summed E-state index contributed by atoms with van der Waals surface area (Å²) in [6, 6.07) is 5.20. The standard InChI is InChI=1S/C12H14N2O3/c1-12(2,3)17-11(15)14-8-4-5-10-9(6-8)13-7-16-10/h4-7H,1-3H3,(H,14,15). The summed E-state index contributed by atoms with van der Waals surface area (Å²) in [5, 5.41) is 2.64. The van der Waals surface area contributed by atoms with Crippen molar-refractivity contribution in [3.63, 3.8) is 0 Å². The van der Waals surface area contributed by atoms with Crippen molar-refractivity contribution in [2.75, 3.05) is 5.32 Å². The molecule has 0 saturated carbocycles. The lowest BCUT2D eigenvalue weighted by atomic mass is 10.2. The van der Waals surface area contributed by atoms with E-state index >= 15 is 0 Å². The Balaban J connectivity index is 2.10. The van der Waals surface area contributed by atoms with Gasteiger partial charge >= 0.3 is 6.09 Å². The summed E-state index contributed by atoms with van der Waals surface area (Å²) < 4.78 is 10.2. The Morgan fingerprint density at radius 1 is 1.41 bits per heavy atom. The first-order chi connectivity index (χ1) is 7.94. The lowest BCUT2D eigenvalue weighted by molar-refractivity contribution is 0.0636. The third kappa shape index (κ3) is 2.96. The largest absolute Gasteiger partial charge is 0.444 e. The van der Waals surface area contributed by atoms with Crippen LogP contribution in [0.4, 0.5) is 10.5 Å². The van der Waals surface area contributed by atoms with Gasteiger partial charge in [0.05, 0.1) is 0 Å². The van der Waals surface area contributed by atoms with Gasteiger partial charge in [0.1, 0.15) is 11.1 Å². The third-order valence-electron chi connectivity index (χ3n) is 1.98. The summed E-state index contributed by atoms with van der Waals surface area (Å²) in [7, 11) is 0. The number of carbonyl (C=O) groups is 1. The van der Waals surface area contributed by atoms with Gasteiger partial charge in [-0.15, -0.1) is 0 Å². The molecule has 1 amide bonds. The van der Waals surface area contributed by atoms with E-state index in [2.05, 4.69) is 10.3 Å². The van der Waals surface area contributed by atoms with Gasteiger partial charge in [-0.05, 0) is 39.0 Å². The number of fused-ring (bicyclic) bond motifs is 1. The van der Waals surface area contributed by atoms with E-state index in [1.54, 1.807) is 18.2 Å². The van der Waals surface area contributed by atoms with E-state index in [4.69, 9.17) is 9.15 Å². The minimum atomic E-state index is -0.512. The number of nitrogens with zero attached hydrogens (tertiary/aromatic N) is 1. The maximum absolute atomic E-state index is 11.5. The molecule has 2 rings (SSSR count). The Hall–Kier alpha value is -2.04. The molecule has 0 spiro atoms. The Morgan fingerprint density at radius 3 is 2.88 bits per heavy atom. The van der Waals surface area contributed by atoms with Gasteiger partial charge in [-0.3, -0.25) is 5.32 Å². The van der Waals surface area contributed by atoms with Crippen LogP contribution in [0.25, 0.3) is 11.1 Å². The van der Waals surface area contributed by atoms with Gasteiger partial charge in [-0.1, -0.05) is 0 Å². The van der Waals surface area contributed by atoms with E-state index in [0.29, 0.717) is 16.8 Å². The molecular formula is C12H14N2O3. The number of amides is 1. The monoisotopic (exact) mass is 234 g/mol. The zero-order valence-corrected chi connectivity index (χ0v) is 9.98. The molecule has 17 heavy (non-hydrogen) atoms. The molecule has 0 unspecified atom stereocenters. The van der Waals surface area contributed by atoms with Crippen LogP contribution in [0, 0.1) is 0 Å². The Morgan fingerprint density at radius 2 is 2.18 bits per heavy atom. The number of ether oxygens (including phenoxy) is 1. The van der Waals surface area contributed by atoms with Gasteiger partial charge in [0, 0.05) is 5.69 Å². The molecule has 2 aromatic rings. The van der Waals surface area contributed by atoms with Crippen LogP contribution in [-0.2, 0) is 4.74 Å². The van der Waals surface area contributed by atoms with Gasteiger partial charge in [0.25, 0.3) is 0 Å². The summed E-state index contributed by atoms with van der Waals surface area (Å²) in [4.78, 5) is 15.5. The highest BCUT2D eigenvalue weighted by molar-refractivity contribution is 5.88. The molecule has 0 fully saturated rings. The number of hydrogen-bond acceptors (Lipinski definition) is 4. The number of nitrogens with one attached hydrogen (secondary N) is 1. The fraction of sp³-hybridized carbons (Fsp3) is 0.333. The van der Waals surface area contributed by atoms with E-state index < -0.39 is 11.7 Å². The van der Waals surface area contributed by atoms with Crippen molar-refractivity contribution in [1.82, 2.24) is 4.98 Å². The second-order valence-electron chi connectivity index (χ2n) is 4.66. The summed E-state index contributed by atoms with van der Waals surface area (Å²) in [5.74, 6) is 0. The number of anilines is 1. The summed E-state index contributed by atoms with van der Waals surface area (Å²) in [6.07, 6.45) is 0.877. The lowest BCUT2D eigenvalue weighted by Crippen LogP contribution is -2.27. The van der Waals surface area contributed by atoms with Crippen molar-refractivity contribution in [2.24, 2.45) is 0 Å². The van der Waals surface area contributed by atoms with Gasteiger partial charge in [0.2, 0.25) is 0 Å². The van der Waals surface area contributed by atoms with Gasteiger partial charge in [0.15, 0.2) is 12.0 Å². The Labute approximate surface area is 98.8 Å². The number of rotatable bonds is 1. The predicted octanol–water partition coefficient (Wildman–Crippen LogP) is 3.17. The average Bonchev–Trinajstić information content (AvgIpc) is 2.61. The van der Waals surface area contributed by atoms with Crippen molar-refractivity contribution < 1.29 is 13.9 Å². The number of oxazole rings is 1. The first-order valence-corrected chi connectivity index (χ1v) is 5.27. The van der Waals surface area contributed by atoms with E-state index in [1.807, 2.05) is 20.8 Å². The smallest absolute Gasteiger partial charge is 0.412 e. The lowest BCUT2D eigenvalue weighted by Gasteiger charge is -2.19. The normalized spacial score (nSPS) is 11.5. The van der Waals surface area contributed by atoms with Crippen LogP contribution in [0.15, 0.2) is 29.0 Å². The summed E-state index contributed by atoms with van der Waals surface area (Å²) >= 11 is 0. The van der Waals surface area contributed by atoms with Gasteiger partial charge < -0.3 is 9.15 Å². The van der Waals surface area contributed by atoms with Crippen molar-refractivity contribution in [1.29, 1.82) is 0 Å². The molecular weight excluding hydrogens is 220 g/mol. The van der Waals surface area contributed by atoms with Crippen LogP contribution in [0.3, 0.4) is 0 Å². The fourth-order valence-corrected chi connectivity index (χ4v) is 1.36. The predicted molar refractivity (Wildman–Crippen MR) is 63.9 cm³/mol. The molecule has 0 radical (unpaired) electrons. The van der Waals surface area contributed by atoms with E-state index in [1.165, 1.54) is 6.39 Å². The molecule has 5 heteroatoms. The maximum Gasteiger partial charge on any atom is 0.412 e. The van der Waals surface area contributed by atoms with Crippen molar-refractivity contribution in [3.05, 3.63) is 24.6 Å². The molecule has 1 N–H and O–H groups in total. The number of carbonyl (C=O) groups excluding carboxylic acids is 1. The van der Waals surface area contributed by atoms with Crippen molar-refractivity contribution >= 4 is 22.9 Å². The van der Waals surface area contributed by atoms with E-state index in [-0.39, 0.29) is 0 Å². The van der Waals surface area contributed by atoms with Crippen LogP contribution < -0.4 is 5.32 Å². The van der Waals surface area contributed by atoms with Gasteiger partial charge in [-0.2, -0.15) is 0 Å². The highest BCUT2D eigenvalue weighted by atomic mass is 16.6. The quantitative estimate of drug-likeness (QED) is 0.823. The number of aromatic nitrogens is 1. The summed E-state index contributed by atoms with van der Waals surface area (Å²) in [5.41, 5.74) is 1.49. The molecule has 0 aliphatic carbocycles. The average molecular weight is 234 g/mol. The number of benzene rings is 1. The minimum Gasteiger partial charge on any atom is -0.444 e. The van der Waals surface area contributed by atoms with Crippen molar-refractivity contribution in [2.45, 2.75) is 26.4 Å². The van der Waals surface area contributed by atoms with E-state index in [9.17, 15) is 4.79 Å². The topological polar surface area (TPSA) is 64.4 Å². The van der Waals surface area contributed by atoms with Crippen LogP contribution >= 0.6 is 0 Å². The molecule has 0 atom stereocenters. The van der Waals surface area contributed by atoms with Crippen molar-refractivity contribution in [3.8, 4) is 0 Å². The Kier molecular flexibility index (Phi) is 2.75. The first kappa shape index (κ1) is 11.4. The number of hydrogen-bond donors (Lipinski definition) is 1. The van der Waals surface area contributed by atoms with Crippen LogP contribution in [0.2, 0.25) is 0 Å². The van der Waals surface area contributed by atoms with Gasteiger partial charge in [-0.25, -0.2) is 9.78 Å².